The third kappa shape index (κ3) is 1.94. The summed E-state index contributed by atoms with van der Waals surface area (Å²) in [5.74, 6) is 0. The number of nitrogens with two attached hydrogens (primary N) is 1. The lowest BCUT2D eigenvalue weighted by Crippen LogP contribution is -2.09. The van der Waals surface area contributed by atoms with Gasteiger partial charge in [-0.2, -0.15) is 5.26 Å². The van der Waals surface area contributed by atoms with Crippen LogP contribution in [0.5, 0.6) is 0 Å². The minimum atomic E-state index is -3.03. The summed E-state index contributed by atoms with van der Waals surface area (Å²) in [5, 5.41) is 19.2. The summed E-state index contributed by atoms with van der Waals surface area (Å²) < 4.78 is 25.3. The number of rotatable bonds is 3. The third-order valence-corrected chi connectivity index (χ3v) is 1.90. The maximum atomic E-state index is 12.6. The molecule has 0 aliphatic rings. The van der Waals surface area contributed by atoms with Crippen LogP contribution in [-0.4, -0.2) is 9.91 Å². The van der Waals surface area contributed by atoms with Crippen LogP contribution < -0.4 is 5.73 Å². The van der Waals surface area contributed by atoms with Crippen LogP contribution in [0.15, 0.2) is 6.20 Å². The molecular weight excluding hydrogens is 222 g/mol. The van der Waals surface area contributed by atoms with Crippen molar-refractivity contribution in [2.75, 3.05) is 0 Å². The first-order chi connectivity index (χ1) is 7.52. The average molecular weight is 228 g/mol. The number of alkyl halides is 2. The highest BCUT2D eigenvalue weighted by Gasteiger charge is 2.26. The number of nitrogens with zero attached hydrogens (tertiary/aromatic N) is 3. The standard InChI is InChI=1S/C8H6F2N4O2/c9-8(10)7-4(1-11)6(14(15)16)3-13-5(7)2-12/h3,8H,2,12H2. The fourth-order valence-electron chi connectivity index (χ4n) is 1.21. The van der Waals surface area contributed by atoms with Crippen molar-refractivity contribution in [1.82, 2.24) is 4.98 Å². The first-order valence-corrected chi connectivity index (χ1v) is 4.07. The Bertz CT molecular complexity index is 470. The van der Waals surface area contributed by atoms with Crippen LogP contribution in [0.25, 0.3) is 0 Å². The lowest BCUT2D eigenvalue weighted by atomic mass is 10.1. The smallest absolute Gasteiger partial charge is 0.305 e. The van der Waals surface area contributed by atoms with E-state index in [2.05, 4.69) is 4.98 Å². The number of hydrogen-bond acceptors (Lipinski definition) is 5. The fraction of sp³-hybridized carbons (Fsp3) is 0.250. The van der Waals surface area contributed by atoms with Crippen molar-refractivity contribution < 1.29 is 13.7 Å². The molecule has 2 N–H and O–H groups in total. The van der Waals surface area contributed by atoms with Crippen molar-refractivity contribution in [2.24, 2.45) is 5.73 Å². The van der Waals surface area contributed by atoms with E-state index < -0.39 is 28.2 Å². The molecule has 0 atom stereocenters. The number of aromatic nitrogens is 1. The van der Waals surface area contributed by atoms with Gasteiger partial charge < -0.3 is 5.73 Å². The summed E-state index contributed by atoms with van der Waals surface area (Å²) in [6, 6.07) is 1.38. The highest BCUT2D eigenvalue weighted by Crippen LogP contribution is 2.30. The van der Waals surface area contributed by atoms with Crippen LogP contribution in [0.2, 0.25) is 0 Å². The summed E-state index contributed by atoms with van der Waals surface area (Å²) in [6.45, 7) is -0.313. The van der Waals surface area contributed by atoms with E-state index in [0.717, 1.165) is 6.20 Å². The van der Waals surface area contributed by atoms with Gasteiger partial charge in [0.05, 0.1) is 16.2 Å². The van der Waals surface area contributed by atoms with Gasteiger partial charge in [0, 0.05) is 6.54 Å². The van der Waals surface area contributed by atoms with Gasteiger partial charge in [0.25, 0.3) is 6.43 Å². The van der Waals surface area contributed by atoms with E-state index in [4.69, 9.17) is 11.0 Å². The topological polar surface area (TPSA) is 106 Å². The quantitative estimate of drug-likeness (QED) is 0.619. The van der Waals surface area contributed by atoms with Crippen molar-refractivity contribution in [3.63, 3.8) is 0 Å². The van der Waals surface area contributed by atoms with Gasteiger partial charge in [0.2, 0.25) is 0 Å². The highest BCUT2D eigenvalue weighted by atomic mass is 19.3. The molecule has 0 aliphatic carbocycles. The van der Waals surface area contributed by atoms with E-state index in [1.54, 1.807) is 0 Å². The van der Waals surface area contributed by atoms with Gasteiger partial charge in [-0.05, 0) is 0 Å². The van der Waals surface area contributed by atoms with Crippen molar-refractivity contribution >= 4 is 5.69 Å². The van der Waals surface area contributed by atoms with E-state index in [0.29, 0.717) is 0 Å². The zero-order valence-corrected chi connectivity index (χ0v) is 7.85. The maximum Gasteiger partial charge on any atom is 0.305 e. The van der Waals surface area contributed by atoms with E-state index in [1.807, 2.05) is 0 Å². The van der Waals surface area contributed by atoms with Crippen LogP contribution in [-0.2, 0) is 6.54 Å². The minimum absolute atomic E-state index is 0.211. The lowest BCUT2D eigenvalue weighted by molar-refractivity contribution is -0.385. The van der Waals surface area contributed by atoms with Gasteiger partial charge in [0.1, 0.15) is 17.8 Å². The van der Waals surface area contributed by atoms with E-state index >= 15 is 0 Å². The Morgan fingerprint density at radius 3 is 2.69 bits per heavy atom. The Labute approximate surface area is 88.5 Å². The Balaban J connectivity index is 3.58. The Hall–Kier alpha value is -2.14. The second kappa shape index (κ2) is 4.59. The molecule has 1 aromatic rings. The predicted molar refractivity (Wildman–Crippen MR) is 48.5 cm³/mol. The Morgan fingerprint density at radius 2 is 2.31 bits per heavy atom. The largest absolute Gasteiger partial charge is 0.325 e. The van der Waals surface area contributed by atoms with Gasteiger partial charge in [-0.25, -0.2) is 8.78 Å². The normalized spacial score (nSPS) is 10.2. The van der Waals surface area contributed by atoms with E-state index in [1.165, 1.54) is 6.07 Å². The highest BCUT2D eigenvalue weighted by molar-refractivity contribution is 5.54. The van der Waals surface area contributed by atoms with Gasteiger partial charge in [-0.3, -0.25) is 15.1 Å². The van der Waals surface area contributed by atoms with Crippen molar-refractivity contribution in [1.29, 1.82) is 5.26 Å². The number of nitro groups is 1. The van der Waals surface area contributed by atoms with E-state index in [-0.39, 0.29) is 12.2 Å². The van der Waals surface area contributed by atoms with Crippen LogP contribution in [0.3, 0.4) is 0 Å². The van der Waals surface area contributed by atoms with Gasteiger partial charge in [0.15, 0.2) is 0 Å². The maximum absolute atomic E-state index is 12.6. The first-order valence-electron chi connectivity index (χ1n) is 4.07. The summed E-state index contributed by atoms with van der Waals surface area (Å²) in [6.07, 6.45) is -2.27. The second-order valence-electron chi connectivity index (χ2n) is 2.75. The summed E-state index contributed by atoms with van der Waals surface area (Å²) in [7, 11) is 0. The molecule has 0 saturated heterocycles. The van der Waals surface area contributed by atoms with Crippen LogP contribution in [0.1, 0.15) is 23.2 Å². The molecule has 0 radical (unpaired) electrons. The molecule has 0 aliphatic heterocycles. The molecule has 0 bridgehead atoms. The monoisotopic (exact) mass is 228 g/mol. The number of hydrogen-bond donors (Lipinski definition) is 1. The van der Waals surface area contributed by atoms with Crippen LogP contribution in [0, 0.1) is 21.4 Å². The number of pyridine rings is 1. The first kappa shape index (κ1) is 11.9. The van der Waals surface area contributed by atoms with Crippen molar-refractivity contribution in [3.05, 3.63) is 33.1 Å². The van der Waals surface area contributed by atoms with Crippen molar-refractivity contribution in [3.8, 4) is 6.07 Å². The lowest BCUT2D eigenvalue weighted by Gasteiger charge is -2.07. The fourth-order valence-corrected chi connectivity index (χ4v) is 1.21. The average Bonchev–Trinajstić information content (AvgIpc) is 2.26. The second-order valence-corrected chi connectivity index (χ2v) is 2.75. The third-order valence-electron chi connectivity index (χ3n) is 1.90. The molecule has 0 spiro atoms. The molecule has 1 heterocycles. The van der Waals surface area contributed by atoms with Crippen LogP contribution in [0.4, 0.5) is 14.5 Å². The molecule has 0 saturated carbocycles. The zero-order valence-electron chi connectivity index (χ0n) is 7.85. The molecule has 1 aromatic heterocycles. The molecule has 16 heavy (non-hydrogen) atoms. The zero-order chi connectivity index (χ0) is 12.3. The summed E-state index contributed by atoms with van der Waals surface area (Å²) in [5.41, 5.74) is 2.76. The predicted octanol–water partition coefficient (Wildman–Crippen LogP) is 1.26. The van der Waals surface area contributed by atoms with Crippen LogP contribution >= 0.6 is 0 Å². The molecule has 0 aromatic carbocycles. The Kier molecular flexibility index (Phi) is 3.42. The molecular formula is C8H6F2N4O2. The Morgan fingerprint density at radius 1 is 1.69 bits per heavy atom. The minimum Gasteiger partial charge on any atom is -0.325 e. The van der Waals surface area contributed by atoms with E-state index in [9.17, 15) is 18.9 Å². The molecule has 0 unspecified atom stereocenters. The molecule has 1 rings (SSSR count). The molecule has 6 nitrogen and oxygen atoms in total. The molecule has 84 valence electrons. The van der Waals surface area contributed by atoms with Gasteiger partial charge in [-0.1, -0.05) is 0 Å². The van der Waals surface area contributed by atoms with Crippen molar-refractivity contribution in [2.45, 2.75) is 13.0 Å². The number of nitriles is 1. The van der Waals surface area contributed by atoms with Gasteiger partial charge in [-0.15, -0.1) is 0 Å². The molecule has 8 heteroatoms. The summed E-state index contributed by atoms with van der Waals surface area (Å²) >= 11 is 0. The summed E-state index contributed by atoms with van der Waals surface area (Å²) in [4.78, 5) is 13.0. The SMILES string of the molecule is N#Cc1c([N+](=O)[O-])cnc(CN)c1C(F)F. The molecule has 0 fully saturated rings. The van der Waals surface area contributed by atoms with Gasteiger partial charge >= 0.3 is 5.69 Å². The molecule has 0 amide bonds. The number of halogens is 2.